The average Bonchev–Trinajstić information content (AvgIpc) is 2.74. The Labute approximate surface area is 174 Å². The number of carbonyl (C=O) groups excluding carboxylic acids is 3. The molecular weight excluding hydrogens is 386 g/mol. The lowest BCUT2D eigenvalue weighted by Gasteiger charge is -2.35. The van der Waals surface area contributed by atoms with Gasteiger partial charge in [-0.1, -0.05) is 29.8 Å². The first-order valence-electron chi connectivity index (χ1n) is 9.74. The van der Waals surface area contributed by atoms with Gasteiger partial charge in [-0.3, -0.25) is 14.4 Å². The van der Waals surface area contributed by atoms with E-state index in [2.05, 4.69) is 10.6 Å². The number of anilines is 2. The standard InChI is InChI=1S/C22H23N3O3S/c1-14-8-10-16(11-9-14)23-20(26)15-5-4-12-25(13-15)22(28)19-21(27)24-17-6-2-3-7-18(17)29-19/h2-3,6-11,15,19H,4-5,12-13H2,1H3,(H,23,26)(H,24,27). The van der Waals surface area contributed by atoms with Gasteiger partial charge >= 0.3 is 0 Å². The molecular formula is C22H23N3O3S. The van der Waals surface area contributed by atoms with E-state index in [0.717, 1.165) is 34.7 Å². The molecule has 1 fully saturated rings. The molecule has 150 valence electrons. The largest absolute Gasteiger partial charge is 0.340 e. The van der Waals surface area contributed by atoms with Gasteiger partial charge in [0, 0.05) is 23.7 Å². The molecule has 2 aromatic rings. The molecule has 0 aliphatic carbocycles. The SMILES string of the molecule is Cc1ccc(NC(=O)C2CCCN(C(=O)C3Sc4ccccc4NC3=O)C2)cc1. The van der Waals surface area contributed by atoms with Crippen molar-refractivity contribution >= 4 is 40.9 Å². The van der Waals surface area contributed by atoms with Crippen LogP contribution in [0.25, 0.3) is 0 Å². The Hall–Kier alpha value is -2.80. The number of thioether (sulfide) groups is 1. The quantitative estimate of drug-likeness (QED) is 0.763. The van der Waals surface area contributed by atoms with E-state index in [1.807, 2.05) is 55.5 Å². The van der Waals surface area contributed by atoms with Gasteiger partial charge in [0.1, 0.15) is 0 Å². The highest BCUT2D eigenvalue weighted by atomic mass is 32.2. The van der Waals surface area contributed by atoms with Crippen LogP contribution < -0.4 is 10.6 Å². The molecule has 6 nitrogen and oxygen atoms in total. The Kier molecular flexibility index (Phi) is 5.58. The van der Waals surface area contributed by atoms with Gasteiger partial charge in [-0.05, 0) is 44.0 Å². The molecule has 0 bridgehead atoms. The molecule has 29 heavy (non-hydrogen) atoms. The summed E-state index contributed by atoms with van der Waals surface area (Å²) in [6.45, 7) is 2.90. The van der Waals surface area contributed by atoms with E-state index < -0.39 is 5.25 Å². The van der Waals surface area contributed by atoms with E-state index in [1.54, 1.807) is 4.90 Å². The van der Waals surface area contributed by atoms with Crippen LogP contribution in [0.1, 0.15) is 18.4 Å². The minimum atomic E-state index is -0.816. The van der Waals surface area contributed by atoms with Crippen LogP contribution in [-0.2, 0) is 14.4 Å². The van der Waals surface area contributed by atoms with E-state index in [0.29, 0.717) is 13.1 Å². The second-order valence-corrected chi connectivity index (χ2v) is 8.61. The van der Waals surface area contributed by atoms with Gasteiger partial charge in [-0.15, -0.1) is 11.8 Å². The lowest BCUT2D eigenvalue weighted by Crippen LogP contribution is -2.50. The summed E-state index contributed by atoms with van der Waals surface area (Å²) in [7, 11) is 0. The van der Waals surface area contributed by atoms with Gasteiger partial charge in [0.2, 0.25) is 17.7 Å². The summed E-state index contributed by atoms with van der Waals surface area (Å²) < 4.78 is 0. The summed E-state index contributed by atoms with van der Waals surface area (Å²) in [5.74, 6) is -0.893. The predicted octanol–water partition coefficient (Wildman–Crippen LogP) is 3.29. The molecule has 7 heteroatoms. The second-order valence-electron chi connectivity index (χ2n) is 7.46. The molecule has 2 atom stereocenters. The van der Waals surface area contributed by atoms with Crippen molar-refractivity contribution in [2.45, 2.75) is 29.9 Å². The van der Waals surface area contributed by atoms with Crippen molar-refractivity contribution in [2.75, 3.05) is 23.7 Å². The monoisotopic (exact) mass is 409 g/mol. The van der Waals surface area contributed by atoms with Crippen molar-refractivity contribution in [2.24, 2.45) is 5.92 Å². The maximum Gasteiger partial charge on any atom is 0.247 e. The number of amides is 3. The van der Waals surface area contributed by atoms with E-state index >= 15 is 0 Å². The molecule has 2 unspecified atom stereocenters. The Morgan fingerprint density at radius 1 is 1.14 bits per heavy atom. The molecule has 4 rings (SSSR count). The molecule has 0 radical (unpaired) electrons. The number of carbonyl (C=O) groups is 3. The summed E-state index contributed by atoms with van der Waals surface area (Å²) in [5, 5.41) is 4.94. The van der Waals surface area contributed by atoms with Gasteiger partial charge in [-0.25, -0.2) is 0 Å². The molecule has 1 saturated heterocycles. The van der Waals surface area contributed by atoms with E-state index in [4.69, 9.17) is 0 Å². The zero-order valence-corrected chi connectivity index (χ0v) is 17.0. The number of fused-ring (bicyclic) bond motifs is 1. The van der Waals surface area contributed by atoms with Gasteiger partial charge in [0.15, 0.2) is 5.25 Å². The van der Waals surface area contributed by atoms with E-state index in [-0.39, 0.29) is 23.6 Å². The Balaban J connectivity index is 1.41. The first-order chi connectivity index (χ1) is 14.0. The van der Waals surface area contributed by atoms with Crippen molar-refractivity contribution in [3.63, 3.8) is 0 Å². The number of para-hydroxylation sites is 1. The van der Waals surface area contributed by atoms with Gasteiger partial charge in [0.05, 0.1) is 11.6 Å². The van der Waals surface area contributed by atoms with Crippen molar-refractivity contribution in [1.29, 1.82) is 0 Å². The van der Waals surface area contributed by atoms with Crippen molar-refractivity contribution in [1.82, 2.24) is 4.90 Å². The Bertz CT molecular complexity index is 945. The number of nitrogens with one attached hydrogen (secondary N) is 2. The summed E-state index contributed by atoms with van der Waals surface area (Å²) in [6.07, 6.45) is 1.47. The Morgan fingerprint density at radius 2 is 1.90 bits per heavy atom. The molecule has 2 N–H and O–H groups in total. The van der Waals surface area contributed by atoms with E-state index in [9.17, 15) is 14.4 Å². The second kappa shape index (κ2) is 8.29. The zero-order chi connectivity index (χ0) is 20.4. The third-order valence-electron chi connectivity index (χ3n) is 5.28. The highest BCUT2D eigenvalue weighted by Crippen LogP contribution is 2.36. The number of rotatable bonds is 3. The fourth-order valence-electron chi connectivity index (χ4n) is 3.65. The summed E-state index contributed by atoms with van der Waals surface area (Å²) in [5.41, 5.74) is 2.62. The minimum absolute atomic E-state index is 0.0857. The number of hydrogen-bond donors (Lipinski definition) is 2. The fourth-order valence-corrected chi connectivity index (χ4v) is 4.73. The van der Waals surface area contributed by atoms with Gasteiger partial charge in [-0.2, -0.15) is 0 Å². The van der Waals surface area contributed by atoms with Gasteiger partial charge in [0.25, 0.3) is 0 Å². The zero-order valence-electron chi connectivity index (χ0n) is 16.2. The smallest absolute Gasteiger partial charge is 0.247 e. The van der Waals surface area contributed by atoms with Crippen LogP contribution in [0.4, 0.5) is 11.4 Å². The summed E-state index contributed by atoms with van der Waals surface area (Å²) in [4.78, 5) is 40.8. The van der Waals surface area contributed by atoms with Crippen LogP contribution in [0, 0.1) is 12.8 Å². The number of benzene rings is 2. The van der Waals surface area contributed by atoms with Crippen molar-refractivity contribution < 1.29 is 14.4 Å². The molecule has 0 spiro atoms. The van der Waals surface area contributed by atoms with Crippen molar-refractivity contribution in [3.8, 4) is 0 Å². The van der Waals surface area contributed by atoms with Crippen molar-refractivity contribution in [3.05, 3.63) is 54.1 Å². The number of piperidine rings is 1. The molecule has 3 amide bonds. The van der Waals surface area contributed by atoms with Gasteiger partial charge < -0.3 is 15.5 Å². The summed E-state index contributed by atoms with van der Waals surface area (Å²) >= 11 is 1.28. The number of likely N-dealkylation sites (tertiary alicyclic amines) is 1. The normalized spacial score (nSPS) is 21.1. The van der Waals surface area contributed by atoms with Crippen LogP contribution in [0.15, 0.2) is 53.4 Å². The number of aryl methyl sites for hydroxylation is 1. The molecule has 0 saturated carbocycles. The number of hydrogen-bond acceptors (Lipinski definition) is 4. The van der Waals surface area contributed by atoms with Crippen LogP contribution in [0.3, 0.4) is 0 Å². The van der Waals surface area contributed by atoms with Crippen LogP contribution in [0.2, 0.25) is 0 Å². The lowest BCUT2D eigenvalue weighted by molar-refractivity contribution is -0.136. The van der Waals surface area contributed by atoms with Crippen LogP contribution >= 0.6 is 11.8 Å². The maximum atomic E-state index is 13.0. The lowest BCUT2D eigenvalue weighted by atomic mass is 9.96. The van der Waals surface area contributed by atoms with Crippen LogP contribution in [0.5, 0.6) is 0 Å². The highest BCUT2D eigenvalue weighted by molar-refractivity contribution is 8.01. The predicted molar refractivity (Wildman–Crippen MR) is 114 cm³/mol. The Morgan fingerprint density at radius 3 is 2.69 bits per heavy atom. The molecule has 2 aliphatic heterocycles. The minimum Gasteiger partial charge on any atom is -0.340 e. The first-order valence-corrected chi connectivity index (χ1v) is 10.6. The molecule has 2 heterocycles. The summed E-state index contributed by atoms with van der Waals surface area (Å²) in [6, 6.07) is 15.1. The maximum absolute atomic E-state index is 13.0. The van der Waals surface area contributed by atoms with Crippen LogP contribution in [-0.4, -0.2) is 41.0 Å². The third-order valence-corrected chi connectivity index (χ3v) is 6.54. The molecule has 2 aromatic carbocycles. The average molecular weight is 410 g/mol. The first kappa shape index (κ1) is 19.5. The molecule has 2 aliphatic rings. The molecule has 0 aromatic heterocycles. The van der Waals surface area contributed by atoms with E-state index in [1.165, 1.54) is 11.8 Å². The highest BCUT2D eigenvalue weighted by Gasteiger charge is 2.38. The fraction of sp³-hybridized carbons (Fsp3) is 0.318. The third kappa shape index (κ3) is 4.29. The topological polar surface area (TPSA) is 78.5 Å². The number of nitrogens with zero attached hydrogens (tertiary/aromatic N) is 1.